The zero-order chi connectivity index (χ0) is 14.7. The van der Waals surface area contributed by atoms with Gasteiger partial charge in [-0.15, -0.1) is 0 Å². The van der Waals surface area contributed by atoms with Crippen LogP contribution in [-0.4, -0.2) is 28.0 Å². The molecule has 0 spiro atoms. The van der Waals surface area contributed by atoms with Gasteiger partial charge in [0.05, 0.1) is 0 Å². The molecule has 0 radical (unpaired) electrons. The molecule has 2 heterocycles. The Morgan fingerprint density at radius 2 is 2.24 bits per heavy atom. The van der Waals surface area contributed by atoms with Crippen LogP contribution in [0.5, 0.6) is 0 Å². The largest absolute Gasteiger partial charge is 0.368 e. The number of rotatable bonds is 4. The molecule has 1 saturated heterocycles. The SMILES string of the molecule is O=C(Nc1nsc(Cc2ccc(F)cc2)n1)[C@@H]1CCCO1. The molecule has 1 fully saturated rings. The van der Waals surface area contributed by atoms with Gasteiger partial charge in [0.25, 0.3) is 5.91 Å². The summed E-state index contributed by atoms with van der Waals surface area (Å²) in [5, 5.41) is 3.43. The zero-order valence-electron chi connectivity index (χ0n) is 11.2. The van der Waals surface area contributed by atoms with Crippen LogP contribution in [0.15, 0.2) is 24.3 Å². The molecule has 21 heavy (non-hydrogen) atoms. The molecule has 1 aromatic carbocycles. The fraction of sp³-hybridized carbons (Fsp3) is 0.357. The smallest absolute Gasteiger partial charge is 0.255 e. The van der Waals surface area contributed by atoms with Crippen molar-refractivity contribution >= 4 is 23.4 Å². The van der Waals surface area contributed by atoms with E-state index in [-0.39, 0.29) is 11.7 Å². The van der Waals surface area contributed by atoms with Crippen molar-refractivity contribution in [2.45, 2.75) is 25.4 Å². The van der Waals surface area contributed by atoms with Crippen LogP contribution in [0, 0.1) is 5.82 Å². The molecule has 0 saturated carbocycles. The molecule has 1 amide bonds. The van der Waals surface area contributed by atoms with Crippen LogP contribution in [-0.2, 0) is 16.0 Å². The second kappa shape index (κ2) is 6.28. The van der Waals surface area contributed by atoms with Crippen LogP contribution in [0.4, 0.5) is 10.3 Å². The van der Waals surface area contributed by atoms with Crippen molar-refractivity contribution in [2.24, 2.45) is 0 Å². The summed E-state index contributed by atoms with van der Waals surface area (Å²) in [6.07, 6.45) is 1.80. The van der Waals surface area contributed by atoms with E-state index in [2.05, 4.69) is 14.7 Å². The van der Waals surface area contributed by atoms with Gasteiger partial charge < -0.3 is 4.74 Å². The van der Waals surface area contributed by atoms with Crippen molar-refractivity contribution in [2.75, 3.05) is 11.9 Å². The van der Waals surface area contributed by atoms with Gasteiger partial charge in [0, 0.05) is 13.0 Å². The fourth-order valence-electron chi connectivity index (χ4n) is 2.13. The average molecular weight is 307 g/mol. The van der Waals surface area contributed by atoms with Gasteiger partial charge >= 0.3 is 0 Å². The molecule has 0 aliphatic carbocycles. The summed E-state index contributed by atoms with van der Waals surface area (Å²) in [7, 11) is 0. The zero-order valence-corrected chi connectivity index (χ0v) is 12.0. The maximum atomic E-state index is 12.8. The lowest BCUT2D eigenvalue weighted by Crippen LogP contribution is -2.27. The number of halogens is 1. The Morgan fingerprint density at radius 3 is 2.95 bits per heavy atom. The summed E-state index contributed by atoms with van der Waals surface area (Å²) in [6, 6.07) is 6.25. The third-order valence-electron chi connectivity index (χ3n) is 3.19. The second-order valence-corrected chi connectivity index (χ2v) is 5.64. The van der Waals surface area contributed by atoms with Gasteiger partial charge in [-0.25, -0.2) is 9.37 Å². The predicted molar refractivity (Wildman–Crippen MR) is 76.7 cm³/mol. The molecule has 2 aromatic rings. The van der Waals surface area contributed by atoms with Crippen molar-refractivity contribution in [1.29, 1.82) is 0 Å². The molecule has 1 N–H and O–H groups in total. The molecule has 110 valence electrons. The molecule has 1 aliphatic heterocycles. The fourth-order valence-corrected chi connectivity index (χ4v) is 2.77. The van der Waals surface area contributed by atoms with Crippen LogP contribution in [0.3, 0.4) is 0 Å². The molecule has 5 nitrogen and oxygen atoms in total. The first-order valence-electron chi connectivity index (χ1n) is 6.70. The third kappa shape index (κ3) is 3.62. The van der Waals surface area contributed by atoms with Crippen LogP contribution < -0.4 is 5.32 Å². The summed E-state index contributed by atoms with van der Waals surface area (Å²) in [5.41, 5.74) is 0.949. The number of nitrogens with one attached hydrogen (secondary N) is 1. The van der Waals surface area contributed by atoms with Gasteiger partial charge in [-0.1, -0.05) is 12.1 Å². The van der Waals surface area contributed by atoms with E-state index in [4.69, 9.17) is 4.74 Å². The minimum atomic E-state index is -0.394. The molecule has 0 unspecified atom stereocenters. The summed E-state index contributed by atoms with van der Waals surface area (Å²) in [4.78, 5) is 16.1. The molecule has 7 heteroatoms. The van der Waals surface area contributed by atoms with E-state index in [1.54, 1.807) is 12.1 Å². The Bertz CT molecular complexity index is 623. The van der Waals surface area contributed by atoms with Gasteiger partial charge in [-0.05, 0) is 42.1 Å². The highest BCUT2D eigenvalue weighted by Crippen LogP contribution is 2.17. The number of nitrogens with zero attached hydrogens (tertiary/aromatic N) is 2. The maximum Gasteiger partial charge on any atom is 0.255 e. The highest BCUT2D eigenvalue weighted by molar-refractivity contribution is 7.05. The summed E-state index contributed by atoms with van der Waals surface area (Å²) >= 11 is 1.22. The van der Waals surface area contributed by atoms with Gasteiger partial charge in [0.1, 0.15) is 16.9 Å². The number of carbonyl (C=O) groups excluding carboxylic acids is 1. The number of anilines is 1. The van der Waals surface area contributed by atoms with E-state index in [0.29, 0.717) is 19.0 Å². The lowest BCUT2D eigenvalue weighted by Gasteiger charge is -2.06. The summed E-state index contributed by atoms with van der Waals surface area (Å²) < 4.78 is 22.2. The van der Waals surface area contributed by atoms with Gasteiger partial charge in [0.2, 0.25) is 5.95 Å². The first-order valence-corrected chi connectivity index (χ1v) is 7.47. The predicted octanol–water partition coefficient (Wildman–Crippen LogP) is 2.39. The van der Waals surface area contributed by atoms with Crippen molar-refractivity contribution in [3.8, 4) is 0 Å². The van der Waals surface area contributed by atoms with Crippen LogP contribution in [0.1, 0.15) is 23.4 Å². The summed E-state index contributed by atoms with van der Waals surface area (Å²) in [6.45, 7) is 0.623. The van der Waals surface area contributed by atoms with Crippen LogP contribution >= 0.6 is 11.5 Å². The van der Waals surface area contributed by atoms with E-state index >= 15 is 0 Å². The van der Waals surface area contributed by atoms with Crippen molar-refractivity contribution in [1.82, 2.24) is 9.36 Å². The molecule has 1 atom stereocenters. The van der Waals surface area contributed by atoms with Crippen molar-refractivity contribution in [3.63, 3.8) is 0 Å². The van der Waals surface area contributed by atoms with E-state index in [1.165, 1.54) is 23.7 Å². The number of ether oxygens (including phenoxy) is 1. The molecule has 0 bridgehead atoms. The Morgan fingerprint density at radius 1 is 1.43 bits per heavy atom. The number of hydrogen-bond donors (Lipinski definition) is 1. The Hall–Kier alpha value is -1.86. The van der Waals surface area contributed by atoms with E-state index < -0.39 is 6.10 Å². The lowest BCUT2D eigenvalue weighted by atomic mass is 10.2. The van der Waals surface area contributed by atoms with Gasteiger partial charge in [-0.2, -0.15) is 4.37 Å². The molecular weight excluding hydrogens is 293 g/mol. The van der Waals surface area contributed by atoms with E-state index in [1.807, 2.05) is 0 Å². The topological polar surface area (TPSA) is 64.1 Å². The minimum absolute atomic E-state index is 0.196. The molecular formula is C14H14FN3O2S. The standard InChI is InChI=1S/C14H14FN3O2S/c15-10-5-3-9(4-6-10)8-12-16-14(18-21-12)17-13(19)11-2-1-7-20-11/h3-6,11H,1-2,7-8H2,(H,17,18,19)/t11-/m0/s1. The highest BCUT2D eigenvalue weighted by Gasteiger charge is 2.24. The maximum absolute atomic E-state index is 12.8. The van der Waals surface area contributed by atoms with Crippen LogP contribution in [0.2, 0.25) is 0 Å². The number of hydrogen-bond acceptors (Lipinski definition) is 5. The van der Waals surface area contributed by atoms with E-state index in [0.717, 1.165) is 23.4 Å². The quantitative estimate of drug-likeness (QED) is 0.942. The highest BCUT2D eigenvalue weighted by atomic mass is 32.1. The number of benzene rings is 1. The normalized spacial score (nSPS) is 17.9. The monoisotopic (exact) mass is 307 g/mol. The number of aromatic nitrogens is 2. The molecule has 3 rings (SSSR count). The second-order valence-electron chi connectivity index (χ2n) is 4.81. The third-order valence-corrected chi connectivity index (χ3v) is 3.90. The van der Waals surface area contributed by atoms with Gasteiger partial charge in [0.15, 0.2) is 0 Å². The summed E-state index contributed by atoms with van der Waals surface area (Å²) in [5.74, 6) is -0.156. The van der Waals surface area contributed by atoms with Gasteiger partial charge in [-0.3, -0.25) is 10.1 Å². The van der Waals surface area contributed by atoms with Crippen molar-refractivity contribution in [3.05, 3.63) is 40.7 Å². The molecule has 1 aromatic heterocycles. The molecule has 1 aliphatic rings. The first-order chi connectivity index (χ1) is 10.2. The average Bonchev–Trinajstić information content (AvgIpc) is 3.13. The number of carbonyl (C=O) groups is 1. The Kier molecular flexibility index (Phi) is 4.21. The van der Waals surface area contributed by atoms with E-state index in [9.17, 15) is 9.18 Å². The van der Waals surface area contributed by atoms with Crippen molar-refractivity contribution < 1.29 is 13.9 Å². The first kappa shape index (κ1) is 14.1. The Labute approximate surface area is 125 Å². The lowest BCUT2D eigenvalue weighted by molar-refractivity contribution is -0.124. The number of amides is 1. The van der Waals surface area contributed by atoms with Crippen LogP contribution in [0.25, 0.3) is 0 Å². The Balaban J connectivity index is 1.60. The minimum Gasteiger partial charge on any atom is -0.368 e.